The van der Waals surface area contributed by atoms with Crippen LogP contribution < -0.4 is 15.5 Å². The van der Waals surface area contributed by atoms with E-state index >= 15 is 0 Å². The smallest absolute Gasteiger partial charge is 0.229 e. The molecule has 1 aromatic carbocycles. The Bertz CT molecular complexity index is 1190. The average molecular weight is 535 g/mol. The molecule has 3 aromatic rings. The summed E-state index contributed by atoms with van der Waals surface area (Å²) in [6.07, 6.45) is 4.74. The summed E-state index contributed by atoms with van der Waals surface area (Å²) in [5, 5.41) is 24.6. The minimum atomic E-state index is -0.0358. The summed E-state index contributed by atoms with van der Waals surface area (Å²) >= 11 is 1.40. The standard InChI is InChI=1S/C28H38N8OS/c1-19(2)25(21-10-14-35(15-11-21)17-22-8-5-4-7-20(22)3)26(37)31-28-34-33-27(38-28)30-23-12-16-36(18-23)24-9-6-13-29-32-24/h4-9,13,19,21,23,25H,10-12,14-18H2,1-3H3,(H,30,33)(H,31,34,37)/t23-,25-/m1/s1. The molecule has 4 heterocycles. The van der Waals surface area contributed by atoms with Gasteiger partial charge in [-0.25, -0.2) is 0 Å². The van der Waals surface area contributed by atoms with Crippen molar-refractivity contribution in [3.05, 3.63) is 53.7 Å². The van der Waals surface area contributed by atoms with E-state index in [4.69, 9.17) is 0 Å². The first-order valence-electron chi connectivity index (χ1n) is 13.7. The Morgan fingerprint density at radius 2 is 1.82 bits per heavy atom. The Balaban J connectivity index is 1.12. The molecule has 5 rings (SSSR count). The van der Waals surface area contributed by atoms with Crippen LogP contribution in [0.15, 0.2) is 42.6 Å². The van der Waals surface area contributed by atoms with E-state index < -0.39 is 0 Å². The summed E-state index contributed by atoms with van der Waals surface area (Å²) < 4.78 is 0. The van der Waals surface area contributed by atoms with Gasteiger partial charge in [-0.15, -0.1) is 15.3 Å². The molecule has 10 heteroatoms. The molecular weight excluding hydrogens is 496 g/mol. The highest BCUT2D eigenvalue weighted by Crippen LogP contribution is 2.33. The number of piperidine rings is 1. The molecule has 2 aliphatic rings. The Kier molecular flexibility index (Phi) is 8.48. The highest BCUT2D eigenvalue weighted by atomic mass is 32.1. The lowest BCUT2D eigenvalue weighted by Crippen LogP contribution is -2.41. The molecule has 2 atom stereocenters. The highest BCUT2D eigenvalue weighted by Gasteiger charge is 2.34. The van der Waals surface area contributed by atoms with Crippen LogP contribution in [0.3, 0.4) is 0 Å². The summed E-state index contributed by atoms with van der Waals surface area (Å²) in [6, 6.07) is 12.7. The van der Waals surface area contributed by atoms with Crippen molar-refractivity contribution in [1.29, 1.82) is 0 Å². The molecule has 0 aliphatic carbocycles. The molecule has 2 saturated heterocycles. The number of likely N-dealkylation sites (tertiary alicyclic amines) is 1. The van der Waals surface area contributed by atoms with E-state index in [9.17, 15) is 4.79 Å². The molecule has 0 bridgehead atoms. The van der Waals surface area contributed by atoms with Gasteiger partial charge < -0.3 is 15.5 Å². The van der Waals surface area contributed by atoms with Gasteiger partial charge in [-0.2, -0.15) is 5.10 Å². The van der Waals surface area contributed by atoms with Gasteiger partial charge in [0.25, 0.3) is 0 Å². The van der Waals surface area contributed by atoms with Crippen LogP contribution in [0.2, 0.25) is 0 Å². The zero-order valence-corrected chi connectivity index (χ0v) is 23.3. The van der Waals surface area contributed by atoms with Crippen LogP contribution in [-0.4, -0.2) is 63.4 Å². The summed E-state index contributed by atoms with van der Waals surface area (Å²) in [5.74, 6) is 1.56. The fourth-order valence-corrected chi connectivity index (χ4v) is 6.53. The van der Waals surface area contributed by atoms with Crippen LogP contribution in [0.1, 0.15) is 44.2 Å². The van der Waals surface area contributed by atoms with Crippen molar-refractivity contribution < 1.29 is 4.79 Å². The summed E-state index contributed by atoms with van der Waals surface area (Å²) in [5.41, 5.74) is 2.74. The normalized spacial score (nSPS) is 19.6. The molecule has 1 amide bonds. The minimum absolute atomic E-state index is 0.0358. The van der Waals surface area contributed by atoms with Crippen LogP contribution in [-0.2, 0) is 11.3 Å². The maximum atomic E-state index is 13.4. The lowest BCUT2D eigenvalue weighted by molar-refractivity contribution is -0.123. The first kappa shape index (κ1) is 26.5. The van der Waals surface area contributed by atoms with E-state index in [0.29, 0.717) is 11.0 Å². The largest absolute Gasteiger partial charge is 0.355 e. The molecule has 0 unspecified atom stereocenters. The van der Waals surface area contributed by atoms with Crippen LogP contribution in [0, 0.1) is 24.7 Å². The first-order valence-corrected chi connectivity index (χ1v) is 14.5. The summed E-state index contributed by atoms with van der Waals surface area (Å²) in [4.78, 5) is 18.1. The lowest BCUT2D eigenvalue weighted by atomic mass is 9.77. The number of rotatable bonds is 9. The zero-order valence-electron chi connectivity index (χ0n) is 22.5. The van der Waals surface area contributed by atoms with Crippen molar-refractivity contribution in [2.45, 2.75) is 52.6 Å². The topological polar surface area (TPSA) is 99.2 Å². The van der Waals surface area contributed by atoms with Crippen molar-refractivity contribution in [2.24, 2.45) is 17.8 Å². The van der Waals surface area contributed by atoms with Crippen LogP contribution >= 0.6 is 11.3 Å². The SMILES string of the molecule is Cc1ccccc1CN1CCC([C@H](C(=O)Nc2nnc(N[C@@H]3CCN(c4cccnn4)C3)s2)C(C)C)CC1. The molecule has 9 nitrogen and oxygen atoms in total. The number of hydrogen-bond acceptors (Lipinski definition) is 9. The monoisotopic (exact) mass is 534 g/mol. The van der Waals surface area contributed by atoms with E-state index in [1.165, 1.54) is 22.5 Å². The number of nitrogens with zero attached hydrogens (tertiary/aromatic N) is 6. The molecule has 38 heavy (non-hydrogen) atoms. The molecule has 2 fully saturated rings. The van der Waals surface area contributed by atoms with E-state index in [1.807, 2.05) is 12.1 Å². The molecule has 0 saturated carbocycles. The number of hydrogen-bond donors (Lipinski definition) is 2. The Morgan fingerprint density at radius 1 is 1.03 bits per heavy atom. The number of nitrogens with one attached hydrogen (secondary N) is 2. The number of anilines is 3. The van der Waals surface area contributed by atoms with E-state index in [2.05, 4.69) is 85.9 Å². The third-order valence-electron chi connectivity index (χ3n) is 7.87. The number of amides is 1. The predicted molar refractivity (Wildman–Crippen MR) is 152 cm³/mol. The Labute approximate surface area is 229 Å². The fraction of sp³-hybridized carbons (Fsp3) is 0.536. The number of carbonyl (C=O) groups is 1. The maximum Gasteiger partial charge on any atom is 0.229 e. The molecule has 0 spiro atoms. The van der Waals surface area contributed by atoms with E-state index in [1.54, 1.807) is 6.20 Å². The quantitative estimate of drug-likeness (QED) is 0.415. The van der Waals surface area contributed by atoms with Gasteiger partial charge in [0.05, 0.1) is 0 Å². The van der Waals surface area contributed by atoms with Crippen molar-refractivity contribution in [1.82, 2.24) is 25.3 Å². The molecule has 0 radical (unpaired) electrons. The number of aryl methyl sites for hydroxylation is 1. The van der Waals surface area contributed by atoms with Gasteiger partial charge in [0, 0.05) is 37.8 Å². The van der Waals surface area contributed by atoms with E-state index in [-0.39, 0.29) is 23.8 Å². The number of aromatic nitrogens is 4. The van der Waals surface area contributed by atoms with Gasteiger partial charge in [0.15, 0.2) is 5.82 Å². The Hall–Kier alpha value is -3.11. The second-order valence-corrected chi connectivity index (χ2v) is 11.8. The minimum Gasteiger partial charge on any atom is -0.355 e. The zero-order chi connectivity index (χ0) is 26.5. The van der Waals surface area contributed by atoms with Gasteiger partial charge in [0.2, 0.25) is 16.2 Å². The number of carbonyl (C=O) groups excluding carboxylic acids is 1. The van der Waals surface area contributed by atoms with Crippen molar-refractivity contribution in [2.75, 3.05) is 41.7 Å². The second-order valence-electron chi connectivity index (χ2n) is 10.9. The fourth-order valence-electron chi connectivity index (χ4n) is 5.80. The molecule has 2 N–H and O–H groups in total. The molecule has 2 aliphatic heterocycles. The molecule has 202 valence electrons. The third-order valence-corrected chi connectivity index (χ3v) is 8.64. The third kappa shape index (κ3) is 6.47. The highest BCUT2D eigenvalue weighted by molar-refractivity contribution is 7.19. The van der Waals surface area contributed by atoms with Crippen LogP contribution in [0.25, 0.3) is 0 Å². The van der Waals surface area contributed by atoms with Gasteiger partial charge in [-0.3, -0.25) is 9.69 Å². The summed E-state index contributed by atoms with van der Waals surface area (Å²) in [7, 11) is 0. The summed E-state index contributed by atoms with van der Waals surface area (Å²) in [6.45, 7) is 11.3. The maximum absolute atomic E-state index is 13.4. The first-order chi connectivity index (χ1) is 18.5. The molecular formula is C28H38N8OS. The Morgan fingerprint density at radius 3 is 2.55 bits per heavy atom. The van der Waals surface area contributed by atoms with Crippen molar-refractivity contribution >= 4 is 33.3 Å². The van der Waals surface area contributed by atoms with Crippen molar-refractivity contribution in [3.63, 3.8) is 0 Å². The second kappa shape index (κ2) is 12.2. The van der Waals surface area contributed by atoms with E-state index in [0.717, 1.165) is 62.9 Å². The molecule has 2 aromatic heterocycles. The van der Waals surface area contributed by atoms with Gasteiger partial charge >= 0.3 is 0 Å². The predicted octanol–water partition coefficient (Wildman–Crippen LogP) is 4.45. The van der Waals surface area contributed by atoms with Crippen LogP contribution in [0.4, 0.5) is 16.1 Å². The lowest BCUT2D eigenvalue weighted by Gasteiger charge is -2.37. The average Bonchev–Trinajstić information content (AvgIpc) is 3.56. The van der Waals surface area contributed by atoms with Gasteiger partial charge in [-0.05, 0) is 74.4 Å². The number of benzene rings is 1. The van der Waals surface area contributed by atoms with Gasteiger partial charge in [0.1, 0.15) is 0 Å². The van der Waals surface area contributed by atoms with Crippen LogP contribution in [0.5, 0.6) is 0 Å². The van der Waals surface area contributed by atoms with Gasteiger partial charge in [-0.1, -0.05) is 49.4 Å². The van der Waals surface area contributed by atoms with Crippen molar-refractivity contribution in [3.8, 4) is 0 Å².